The molecule has 0 aromatic heterocycles. The molecule has 38 heavy (non-hydrogen) atoms. The summed E-state index contributed by atoms with van der Waals surface area (Å²) in [6, 6.07) is 0. The molecule has 0 rings (SSSR count). The molecule has 11 heteroatoms. The van der Waals surface area contributed by atoms with E-state index in [1.807, 2.05) is 6.92 Å². The van der Waals surface area contributed by atoms with E-state index in [-0.39, 0.29) is 25.2 Å². The van der Waals surface area contributed by atoms with Gasteiger partial charge in [0.05, 0.1) is 92.5 Å². The molecule has 0 saturated heterocycles. The number of unbranched alkanes of at least 4 members (excludes halogenated alkanes) is 3. The first-order valence-electron chi connectivity index (χ1n) is 14.1. The molecular weight excluding hydrogens is 500 g/mol. The first kappa shape index (κ1) is 36.7. The quantitative estimate of drug-likeness (QED) is 0.0933. The summed E-state index contributed by atoms with van der Waals surface area (Å²) in [6.07, 6.45) is 5.99. The molecule has 11 nitrogen and oxygen atoms in total. The summed E-state index contributed by atoms with van der Waals surface area (Å²) in [4.78, 5) is 22.7. The normalized spacial score (nSPS) is 11.1. The number of carbonyl (C=O) groups is 2. The fourth-order valence-electron chi connectivity index (χ4n) is 2.89. The first-order chi connectivity index (χ1) is 18.7. The van der Waals surface area contributed by atoms with Crippen LogP contribution in [0.1, 0.15) is 58.8 Å². The standard InChI is InChI=1S/C27H52O11/c1-3-5-6-7-9-27(29)38-25-23-36-21-19-34-17-15-32-13-11-30-10-12-31-14-16-33-18-20-35-22-24-37-26(28)8-4-2/h3-25H2,1-2H3. The van der Waals surface area contributed by atoms with Crippen LogP contribution < -0.4 is 0 Å². The zero-order chi connectivity index (χ0) is 27.8. The molecule has 0 aliphatic heterocycles. The highest BCUT2D eigenvalue weighted by Crippen LogP contribution is 2.03. The second-order valence-electron chi connectivity index (χ2n) is 8.29. The van der Waals surface area contributed by atoms with Crippen LogP contribution in [0.25, 0.3) is 0 Å². The molecule has 0 heterocycles. The van der Waals surface area contributed by atoms with Crippen LogP contribution in [0.5, 0.6) is 0 Å². The van der Waals surface area contributed by atoms with Crippen LogP contribution in [0.2, 0.25) is 0 Å². The van der Waals surface area contributed by atoms with Gasteiger partial charge in [0.1, 0.15) is 13.2 Å². The SMILES string of the molecule is CCCCCCC(=O)OCCOCCOCCOCCOCCOCCOCCOCCOC(=O)CCC. The number of esters is 2. The molecule has 0 bridgehead atoms. The Balaban J connectivity index is 3.10. The zero-order valence-corrected chi connectivity index (χ0v) is 23.8. The Kier molecular flexibility index (Phi) is 30.8. The van der Waals surface area contributed by atoms with Crippen molar-refractivity contribution in [2.75, 3.05) is 106 Å². The van der Waals surface area contributed by atoms with Crippen molar-refractivity contribution in [1.82, 2.24) is 0 Å². The summed E-state index contributed by atoms with van der Waals surface area (Å²) in [5.74, 6) is -0.343. The van der Waals surface area contributed by atoms with Crippen molar-refractivity contribution < 1.29 is 52.2 Å². The van der Waals surface area contributed by atoms with Crippen molar-refractivity contribution >= 4 is 11.9 Å². The minimum Gasteiger partial charge on any atom is -0.463 e. The van der Waals surface area contributed by atoms with Gasteiger partial charge in [0.2, 0.25) is 0 Å². The fraction of sp³-hybridized carbons (Fsp3) is 0.926. The Morgan fingerprint density at radius 2 is 0.684 bits per heavy atom. The molecule has 0 spiro atoms. The van der Waals surface area contributed by atoms with Crippen molar-refractivity contribution in [2.24, 2.45) is 0 Å². The molecule has 0 atom stereocenters. The van der Waals surface area contributed by atoms with Gasteiger partial charge in [-0.3, -0.25) is 9.59 Å². The third-order valence-corrected chi connectivity index (χ3v) is 4.90. The molecule has 226 valence electrons. The summed E-state index contributed by atoms with van der Waals surface area (Å²) in [5.41, 5.74) is 0. The van der Waals surface area contributed by atoms with Crippen molar-refractivity contribution in [3.63, 3.8) is 0 Å². The van der Waals surface area contributed by atoms with E-state index < -0.39 is 0 Å². The summed E-state index contributed by atoms with van der Waals surface area (Å²) < 4.78 is 47.9. The molecule has 0 aliphatic carbocycles. The van der Waals surface area contributed by atoms with E-state index in [4.69, 9.17) is 42.6 Å². The minimum atomic E-state index is -0.189. The van der Waals surface area contributed by atoms with Crippen LogP contribution >= 0.6 is 0 Å². The zero-order valence-electron chi connectivity index (χ0n) is 23.8. The maximum Gasteiger partial charge on any atom is 0.305 e. The molecule has 0 amide bonds. The molecule has 0 saturated carbocycles. The smallest absolute Gasteiger partial charge is 0.305 e. The highest BCUT2D eigenvalue weighted by atomic mass is 16.6. The summed E-state index contributed by atoms with van der Waals surface area (Å²) in [6.45, 7) is 11.1. The van der Waals surface area contributed by atoms with Gasteiger partial charge in [-0.1, -0.05) is 33.1 Å². The molecule has 0 aliphatic rings. The van der Waals surface area contributed by atoms with Crippen LogP contribution in [-0.4, -0.2) is 118 Å². The van der Waals surface area contributed by atoms with Gasteiger partial charge in [0, 0.05) is 12.8 Å². The summed E-state index contributed by atoms with van der Waals surface area (Å²) in [5, 5.41) is 0. The number of ether oxygens (including phenoxy) is 9. The Morgan fingerprint density at radius 1 is 0.368 bits per heavy atom. The van der Waals surface area contributed by atoms with Gasteiger partial charge in [-0.2, -0.15) is 0 Å². The average Bonchev–Trinajstić information content (AvgIpc) is 2.91. The third kappa shape index (κ3) is 30.9. The predicted octanol–water partition coefficient (Wildman–Crippen LogP) is 2.96. The molecule has 0 aromatic carbocycles. The lowest BCUT2D eigenvalue weighted by molar-refractivity contribution is -0.146. The second kappa shape index (κ2) is 31.9. The number of rotatable bonds is 31. The van der Waals surface area contributed by atoms with E-state index in [2.05, 4.69) is 6.92 Å². The van der Waals surface area contributed by atoms with E-state index in [0.29, 0.717) is 105 Å². The van der Waals surface area contributed by atoms with Gasteiger partial charge in [0.15, 0.2) is 0 Å². The van der Waals surface area contributed by atoms with Crippen molar-refractivity contribution in [3.8, 4) is 0 Å². The van der Waals surface area contributed by atoms with E-state index in [9.17, 15) is 9.59 Å². The predicted molar refractivity (Wildman–Crippen MR) is 141 cm³/mol. The monoisotopic (exact) mass is 552 g/mol. The Hall–Kier alpha value is -1.34. The number of hydrogen-bond donors (Lipinski definition) is 0. The van der Waals surface area contributed by atoms with Gasteiger partial charge < -0.3 is 42.6 Å². The highest BCUT2D eigenvalue weighted by molar-refractivity contribution is 5.69. The topological polar surface area (TPSA) is 117 Å². The van der Waals surface area contributed by atoms with Crippen molar-refractivity contribution in [1.29, 1.82) is 0 Å². The number of hydrogen-bond acceptors (Lipinski definition) is 11. The van der Waals surface area contributed by atoms with Crippen LogP contribution in [0.3, 0.4) is 0 Å². The highest BCUT2D eigenvalue weighted by Gasteiger charge is 2.02. The first-order valence-corrected chi connectivity index (χ1v) is 14.1. The molecular formula is C27H52O11. The largest absolute Gasteiger partial charge is 0.463 e. The molecule has 0 N–H and O–H groups in total. The molecule has 0 unspecified atom stereocenters. The van der Waals surface area contributed by atoms with Gasteiger partial charge in [-0.25, -0.2) is 0 Å². The van der Waals surface area contributed by atoms with E-state index in [0.717, 1.165) is 32.1 Å². The van der Waals surface area contributed by atoms with Crippen LogP contribution in [0, 0.1) is 0 Å². The van der Waals surface area contributed by atoms with Crippen LogP contribution in [0.4, 0.5) is 0 Å². The van der Waals surface area contributed by atoms with Crippen LogP contribution in [-0.2, 0) is 52.2 Å². The van der Waals surface area contributed by atoms with Crippen molar-refractivity contribution in [2.45, 2.75) is 58.8 Å². The lowest BCUT2D eigenvalue weighted by Crippen LogP contribution is -2.15. The Morgan fingerprint density at radius 3 is 1.00 bits per heavy atom. The van der Waals surface area contributed by atoms with E-state index in [1.54, 1.807) is 0 Å². The van der Waals surface area contributed by atoms with Gasteiger partial charge in [-0.15, -0.1) is 0 Å². The van der Waals surface area contributed by atoms with Gasteiger partial charge in [-0.05, 0) is 12.8 Å². The summed E-state index contributed by atoms with van der Waals surface area (Å²) >= 11 is 0. The lowest BCUT2D eigenvalue weighted by Gasteiger charge is -2.09. The second-order valence-corrected chi connectivity index (χ2v) is 8.29. The number of carbonyl (C=O) groups excluding carboxylic acids is 2. The van der Waals surface area contributed by atoms with E-state index >= 15 is 0 Å². The lowest BCUT2D eigenvalue weighted by atomic mass is 10.2. The maximum atomic E-state index is 11.5. The Bertz CT molecular complexity index is 505. The molecule has 0 aromatic rings. The molecule has 0 radical (unpaired) electrons. The van der Waals surface area contributed by atoms with Gasteiger partial charge >= 0.3 is 11.9 Å². The van der Waals surface area contributed by atoms with Gasteiger partial charge in [0.25, 0.3) is 0 Å². The fourth-order valence-corrected chi connectivity index (χ4v) is 2.89. The van der Waals surface area contributed by atoms with E-state index in [1.165, 1.54) is 0 Å². The average molecular weight is 553 g/mol. The Labute approximate surface area is 229 Å². The molecule has 0 fully saturated rings. The minimum absolute atomic E-state index is 0.154. The van der Waals surface area contributed by atoms with Crippen molar-refractivity contribution in [3.05, 3.63) is 0 Å². The third-order valence-electron chi connectivity index (χ3n) is 4.90. The summed E-state index contributed by atoms with van der Waals surface area (Å²) in [7, 11) is 0. The maximum absolute atomic E-state index is 11.5. The van der Waals surface area contributed by atoms with Crippen LogP contribution in [0.15, 0.2) is 0 Å².